The number of anilines is 1. The lowest BCUT2D eigenvalue weighted by Crippen LogP contribution is -2.26. The molecular formula is C24H23Cl3N2O3S2. The third-order valence-electron chi connectivity index (χ3n) is 4.95. The molecule has 0 saturated carbocycles. The minimum Gasteiger partial charge on any atom is -0.351 e. The van der Waals surface area contributed by atoms with Crippen LogP contribution < -0.4 is 10.0 Å². The molecule has 0 aromatic heterocycles. The molecule has 0 spiro atoms. The molecule has 0 saturated heterocycles. The van der Waals surface area contributed by atoms with Gasteiger partial charge in [0.05, 0.1) is 10.7 Å². The zero-order valence-electron chi connectivity index (χ0n) is 18.5. The first-order valence-corrected chi connectivity index (χ1v) is 14.0. The Morgan fingerprint density at radius 3 is 2.32 bits per heavy atom. The summed E-state index contributed by atoms with van der Waals surface area (Å²) in [5.41, 5.74) is 3.30. The number of carbonyl (C=O) groups excluding carboxylic acids is 1. The van der Waals surface area contributed by atoms with Gasteiger partial charge >= 0.3 is 0 Å². The lowest BCUT2D eigenvalue weighted by Gasteiger charge is -2.13. The zero-order chi connectivity index (χ0) is 24.9. The van der Waals surface area contributed by atoms with Gasteiger partial charge < -0.3 is 5.32 Å². The molecule has 0 unspecified atom stereocenters. The highest BCUT2D eigenvalue weighted by Crippen LogP contribution is 2.28. The molecular weight excluding hydrogens is 535 g/mol. The first-order valence-electron chi connectivity index (χ1n) is 10.3. The molecule has 0 aliphatic rings. The largest absolute Gasteiger partial charge is 0.351 e. The molecule has 1 amide bonds. The number of sulfonamides is 1. The summed E-state index contributed by atoms with van der Waals surface area (Å²) < 4.78 is 28.5. The van der Waals surface area contributed by atoms with E-state index in [4.69, 9.17) is 34.8 Å². The maximum Gasteiger partial charge on any atom is 0.263 e. The van der Waals surface area contributed by atoms with Crippen LogP contribution in [0.2, 0.25) is 15.1 Å². The highest BCUT2D eigenvalue weighted by atomic mass is 35.5. The number of thioether (sulfide) groups is 1. The summed E-state index contributed by atoms with van der Waals surface area (Å²) in [5.74, 6) is 0.846. The maximum atomic E-state index is 13.0. The lowest BCUT2D eigenvalue weighted by molar-refractivity contribution is 0.0956. The summed E-state index contributed by atoms with van der Waals surface area (Å²) in [5, 5.41) is 4.03. The van der Waals surface area contributed by atoms with Crippen molar-refractivity contribution < 1.29 is 13.2 Å². The molecule has 0 atom stereocenters. The highest BCUT2D eigenvalue weighted by molar-refractivity contribution is 7.98. The van der Waals surface area contributed by atoms with Crippen LogP contribution in [0.4, 0.5) is 5.69 Å². The molecule has 0 heterocycles. The van der Waals surface area contributed by atoms with Crippen LogP contribution in [0.1, 0.15) is 27.0 Å². The second-order valence-electron chi connectivity index (χ2n) is 7.58. The van der Waals surface area contributed by atoms with Crippen LogP contribution in [0.3, 0.4) is 0 Å². The van der Waals surface area contributed by atoms with Crippen molar-refractivity contribution in [2.45, 2.75) is 24.5 Å². The molecule has 0 radical (unpaired) electrons. The second kappa shape index (κ2) is 11.7. The number of halogens is 3. The van der Waals surface area contributed by atoms with Crippen LogP contribution in [0.15, 0.2) is 59.5 Å². The monoisotopic (exact) mass is 556 g/mol. The van der Waals surface area contributed by atoms with Gasteiger partial charge in [-0.25, -0.2) is 8.42 Å². The smallest absolute Gasteiger partial charge is 0.263 e. The van der Waals surface area contributed by atoms with Crippen molar-refractivity contribution in [2.75, 3.05) is 17.0 Å². The molecule has 180 valence electrons. The van der Waals surface area contributed by atoms with E-state index in [1.807, 2.05) is 26.0 Å². The molecule has 0 aliphatic heterocycles. The van der Waals surface area contributed by atoms with Crippen molar-refractivity contribution in [1.29, 1.82) is 0 Å². The van der Waals surface area contributed by atoms with E-state index in [1.54, 1.807) is 36.0 Å². The summed E-state index contributed by atoms with van der Waals surface area (Å²) in [6.07, 6.45) is 0. The predicted octanol–water partition coefficient (Wildman–Crippen LogP) is 6.73. The average molecular weight is 558 g/mol. The van der Waals surface area contributed by atoms with E-state index in [-0.39, 0.29) is 15.5 Å². The molecule has 10 heteroatoms. The first kappa shape index (κ1) is 26.7. The van der Waals surface area contributed by atoms with Crippen LogP contribution >= 0.6 is 46.6 Å². The van der Waals surface area contributed by atoms with Crippen molar-refractivity contribution in [3.8, 4) is 0 Å². The maximum absolute atomic E-state index is 13.0. The fourth-order valence-corrected chi connectivity index (χ4v) is 6.41. The molecule has 3 rings (SSSR count). The number of nitrogens with one attached hydrogen (secondary N) is 2. The Balaban J connectivity index is 1.62. The Hall–Kier alpha value is -1.90. The van der Waals surface area contributed by atoms with Gasteiger partial charge in [-0.15, -0.1) is 0 Å². The summed E-state index contributed by atoms with van der Waals surface area (Å²) in [6, 6.07) is 14.9. The average Bonchev–Trinajstić information content (AvgIpc) is 2.77. The zero-order valence-corrected chi connectivity index (χ0v) is 22.4. The standard InChI is InChI=1S/C24H23Cl3N2O3S2/c1-15-6-9-22(16(2)12-15)29-34(31,32)23-13-17(7-8-21(23)27)24(30)28-10-11-33-14-18-19(25)4-3-5-20(18)26/h3-9,12-13,29H,10-11,14H2,1-2H3,(H,28,30). The summed E-state index contributed by atoms with van der Waals surface area (Å²) in [6.45, 7) is 4.12. The second-order valence-corrected chi connectivity index (χ2v) is 11.6. The van der Waals surface area contributed by atoms with Crippen molar-refractivity contribution in [3.05, 3.63) is 91.9 Å². The highest BCUT2D eigenvalue weighted by Gasteiger charge is 2.21. The van der Waals surface area contributed by atoms with Gasteiger partial charge in [-0.2, -0.15) is 11.8 Å². The minimum absolute atomic E-state index is 0.0287. The van der Waals surface area contributed by atoms with Crippen LogP contribution in [0.25, 0.3) is 0 Å². The summed E-state index contributed by atoms with van der Waals surface area (Å²) in [4.78, 5) is 12.4. The molecule has 3 aromatic carbocycles. The fraction of sp³-hybridized carbons (Fsp3) is 0.208. The first-order chi connectivity index (χ1) is 16.1. The number of carbonyl (C=O) groups is 1. The van der Waals surface area contributed by atoms with Gasteiger partial charge in [-0.1, -0.05) is 58.6 Å². The van der Waals surface area contributed by atoms with E-state index >= 15 is 0 Å². The third kappa shape index (κ3) is 6.83. The Morgan fingerprint density at radius 1 is 0.941 bits per heavy atom. The topological polar surface area (TPSA) is 75.3 Å². The van der Waals surface area contributed by atoms with Gasteiger partial charge in [0.2, 0.25) is 0 Å². The SMILES string of the molecule is Cc1ccc(NS(=O)(=O)c2cc(C(=O)NCCSCc3c(Cl)cccc3Cl)ccc2Cl)c(C)c1. The Labute approximate surface area is 219 Å². The number of aryl methyl sites for hydroxylation is 2. The summed E-state index contributed by atoms with van der Waals surface area (Å²) in [7, 11) is -3.99. The van der Waals surface area contributed by atoms with E-state index in [0.717, 1.165) is 16.7 Å². The van der Waals surface area contributed by atoms with Gasteiger partial charge in [-0.05, 0) is 61.4 Å². The van der Waals surface area contributed by atoms with Gasteiger partial charge in [0.15, 0.2) is 0 Å². The number of rotatable bonds is 9. The molecule has 0 aliphatic carbocycles. The fourth-order valence-electron chi connectivity index (χ4n) is 3.16. The van der Waals surface area contributed by atoms with Gasteiger partial charge in [0.25, 0.3) is 15.9 Å². The number of hydrogen-bond acceptors (Lipinski definition) is 4. The summed E-state index contributed by atoms with van der Waals surface area (Å²) >= 11 is 20.1. The number of amides is 1. The van der Waals surface area contributed by atoms with Crippen LogP contribution in [-0.4, -0.2) is 26.6 Å². The van der Waals surface area contributed by atoms with Crippen molar-refractivity contribution in [2.24, 2.45) is 0 Å². The Morgan fingerprint density at radius 2 is 1.65 bits per heavy atom. The van der Waals surface area contributed by atoms with E-state index in [2.05, 4.69) is 10.0 Å². The van der Waals surface area contributed by atoms with E-state index in [9.17, 15) is 13.2 Å². The van der Waals surface area contributed by atoms with Crippen molar-refractivity contribution >= 4 is 68.2 Å². The van der Waals surface area contributed by atoms with Gasteiger partial charge in [0.1, 0.15) is 4.90 Å². The molecule has 2 N–H and O–H groups in total. The third-order valence-corrected chi connectivity index (χ3v) is 8.49. The predicted molar refractivity (Wildman–Crippen MR) is 143 cm³/mol. The van der Waals surface area contributed by atoms with Gasteiger partial charge in [-0.3, -0.25) is 9.52 Å². The number of hydrogen-bond donors (Lipinski definition) is 2. The number of benzene rings is 3. The quantitative estimate of drug-likeness (QED) is 0.286. The Kier molecular flexibility index (Phi) is 9.18. The molecule has 0 bridgehead atoms. The molecule has 3 aromatic rings. The minimum atomic E-state index is -3.99. The van der Waals surface area contributed by atoms with E-state index in [0.29, 0.717) is 33.8 Å². The normalized spacial score (nSPS) is 11.3. The van der Waals surface area contributed by atoms with E-state index in [1.165, 1.54) is 18.2 Å². The van der Waals surface area contributed by atoms with Crippen LogP contribution in [0.5, 0.6) is 0 Å². The lowest BCUT2D eigenvalue weighted by atomic mass is 10.1. The molecule has 34 heavy (non-hydrogen) atoms. The van der Waals surface area contributed by atoms with Crippen molar-refractivity contribution in [3.63, 3.8) is 0 Å². The van der Waals surface area contributed by atoms with E-state index < -0.39 is 15.9 Å². The van der Waals surface area contributed by atoms with Crippen molar-refractivity contribution in [1.82, 2.24) is 5.32 Å². The van der Waals surface area contributed by atoms with Crippen LogP contribution in [-0.2, 0) is 15.8 Å². The molecule has 5 nitrogen and oxygen atoms in total. The molecule has 0 fully saturated rings. The van der Waals surface area contributed by atoms with Crippen LogP contribution in [0, 0.1) is 13.8 Å². The Bertz CT molecular complexity index is 1290. The van der Waals surface area contributed by atoms with Gasteiger partial charge in [0, 0.05) is 33.7 Å².